The molecule has 0 spiro atoms. The summed E-state index contributed by atoms with van der Waals surface area (Å²) < 4.78 is 34.9. The molecule has 1 saturated heterocycles. The Morgan fingerprint density at radius 3 is 2.38 bits per heavy atom. The van der Waals surface area contributed by atoms with Crippen molar-refractivity contribution in [1.29, 1.82) is 0 Å². The SMILES string of the molecule is CCN(Cc1cccc(C(N)=NC(=O)OC2CCN(C)CC2)c1)C(=O)Oc1ccc(-c2ccccc2S(N)(=O)=O)cc1. The number of amides is 2. The van der Waals surface area contributed by atoms with Gasteiger partial charge in [-0.25, -0.2) is 23.1 Å². The van der Waals surface area contributed by atoms with Crippen LogP contribution in [0.4, 0.5) is 9.59 Å². The molecule has 0 aliphatic carbocycles. The second kappa shape index (κ2) is 13.6. The maximum Gasteiger partial charge on any atom is 0.435 e. The Morgan fingerprint density at radius 1 is 1.02 bits per heavy atom. The number of rotatable bonds is 8. The van der Waals surface area contributed by atoms with Crippen molar-refractivity contribution in [2.45, 2.75) is 37.3 Å². The molecule has 1 heterocycles. The van der Waals surface area contributed by atoms with Crippen molar-refractivity contribution in [3.8, 4) is 16.9 Å². The van der Waals surface area contributed by atoms with Crippen LogP contribution in [-0.4, -0.2) is 69.0 Å². The number of hydrogen-bond donors (Lipinski definition) is 2. The topological polar surface area (TPSA) is 158 Å². The molecule has 11 nitrogen and oxygen atoms in total. The fourth-order valence-corrected chi connectivity index (χ4v) is 5.37. The molecule has 0 unspecified atom stereocenters. The molecule has 12 heteroatoms. The quantitative estimate of drug-likeness (QED) is 0.293. The fraction of sp³-hybridized carbons (Fsp3) is 0.300. The molecule has 1 aliphatic heterocycles. The van der Waals surface area contributed by atoms with E-state index in [0.717, 1.165) is 31.5 Å². The van der Waals surface area contributed by atoms with Gasteiger partial charge in [0.25, 0.3) is 0 Å². The fourth-order valence-electron chi connectivity index (χ4n) is 4.61. The average molecular weight is 594 g/mol. The van der Waals surface area contributed by atoms with E-state index in [0.29, 0.717) is 29.0 Å². The lowest BCUT2D eigenvalue weighted by atomic mass is 10.1. The molecule has 42 heavy (non-hydrogen) atoms. The molecule has 0 bridgehead atoms. The molecule has 4 N–H and O–H groups in total. The van der Waals surface area contributed by atoms with Gasteiger partial charge < -0.3 is 25.0 Å². The first-order chi connectivity index (χ1) is 20.0. The van der Waals surface area contributed by atoms with Gasteiger partial charge in [-0.05, 0) is 62.2 Å². The maximum absolute atomic E-state index is 13.0. The standard InChI is InChI=1S/C30H35N5O6S/c1-3-35(30(37)41-24-13-11-22(12-14-24)26-9-4-5-10-27(26)42(32,38)39)20-21-7-6-8-23(19-21)28(31)33-29(36)40-25-15-17-34(2)18-16-25/h4-14,19,25H,3,15-18,20H2,1-2H3,(H2,31,33,36)(H2,32,38,39). The van der Waals surface area contributed by atoms with Gasteiger partial charge >= 0.3 is 12.2 Å². The lowest BCUT2D eigenvalue weighted by molar-refractivity contribution is 0.0636. The number of aliphatic imine (C=N–C) groups is 1. The number of carbonyl (C=O) groups is 2. The minimum Gasteiger partial charge on any atom is -0.444 e. The van der Waals surface area contributed by atoms with Crippen molar-refractivity contribution >= 4 is 28.0 Å². The third-order valence-electron chi connectivity index (χ3n) is 6.94. The van der Waals surface area contributed by atoms with Gasteiger partial charge in [0.05, 0.1) is 4.90 Å². The third kappa shape index (κ3) is 8.15. The number of hydrogen-bond acceptors (Lipinski definition) is 7. The van der Waals surface area contributed by atoms with Crippen molar-refractivity contribution in [3.63, 3.8) is 0 Å². The predicted octanol–water partition coefficient (Wildman–Crippen LogP) is 3.96. The number of primary sulfonamides is 1. The lowest BCUT2D eigenvalue weighted by Crippen LogP contribution is -2.35. The molecule has 2 amide bonds. The number of likely N-dealkylation sites (tertiary alicyclic amines) is 1. The van der Waals surface area contributed by atoms with Crippen molar-refractivity contribution in [3.05, 3.63) is 83.9 Å². The number of amidine groups is 1. The molecular formula is C30H35N5O6S. The zero-order chi connectivity index (χ0) is 30.3. The normalized spacial score (nSPS) is 14.8. The van der Waals surface area contributed by atoms with Crippen molar-refractivity contribution in [2.24, 2.45) is 15.9 Å². The van der Waals surface area contributed by atoms with Gasteiger partial charge in [-0.2, -0.15) is 4.99 Å². The van der Waals surface area contributed by atoms with Gasteiger partial charge in [0.2, 0.25) is 10.0 Å². The largest absolute Gasteiger partial charge is 0.444 e. The minimum atomic E-state index is -3.91. The highest BCUT2D eigenvalue weighted by molar-refractivity contribution is 7.89. The van der Waals surface area contributed by atoms with Gasteiger partial charge in [-0.15, -0.1) is 0 Å². The van der Waals surface area contributed by atoms with Crippen LogP contribution in [0.5, 0.6) is 5.75 Å². The van der Waals surface area contributed by atoms with Crippen LogP contribution < -0.4 is 15.6 Å². The number of piperidine rings is 1. The van der Waals surface area contributed by atoms with Crippen LogP contribution >= 0.6 is 0 Å². The van der Waals surface area contributed by atoms with Crippen LogP contribution in [0.15, 0.2) is 82.7 Å². The molecule has 1 fully saturated rings. The van der Waals surface area contributed by atoms with E-state index in [1.807, 2.05) is 20.0 Å². The summed E-state index contributed by atoms with van der Waals surface area (Å²) in [5.74, 6) is 0.327. The monoisotopic (exact) mass is 593 g/mol. The smallest absolute Gasteiger partial charge is 0.435 e. The Bertz CT molecular complexity index is 1550. The molecule has 1 aliphatic rings. The first-order valence-corrected chi connectivity index (χ1v) is 15.1. The summed E-state index contributed by atoms with van der Waals surface area (Å²) >= 11 is 0. The second-order valence-electron chi connectivity index (χ2n) is 10.0. The molecular weight excluding hydrogens is 558 g/mol. The summed E-state index contributed by atoms with van der Waals surface area (Å²) in [6.07, 6.45) is 0.0590. The summed E-state index contributed by atoms with van der Waals surface area (Å²) in [4.78, 5) is 32.9. The number of carbonyl (C=O) groups excluding carboxylic acids is 2. The Morgan fingerprint density at radius 2 is 1.71 bits per heavy atom. The van der Waals surface area contributed by atoms with Crippen LogP contribution in [0.2, 0.25) is 0 Å². The Kier molecular flexibility index (Phi) is 9.94. The molecule has 0 saturated carbocycles. The van der Waals surface area contributed by atoms with Gasteiger partial charge in [-0.3, -0.25) is 0 Å². The molecule has 4 rings (SSSR count). The Balaban J connectivity index is 1.39. The van der Waals surface area contributed by atoms with Crippen LogP contribution in [0, 0.1) is 0 Å². The van der Waals surface area contributed by atoms with Crippen LogP contribution in [-0.2, 0) is 21.3 Å². The maximum atomic E-state index is 13.0. The summed E-state index contributed by atoms with van der Waals surface area (Å²) in [5.41, 5.74) is 8.46. The first-order valence-electron chi connectivity index (χ1n) is 13.5. The molecule has 3 aromatic rings. The van der Waals surface area contributed by atoms with Gasteiger partial charge in [0, 0.05) is 37.3 Å². The van der Waals surface area contributed by atoms with Crippen molar-refractivity contribution < 1.29 is 27.5 Å². The Hall–Kier alpha value is -4.26. The van der Waals surface area contributed by atoms with Crippen LogP contribution in [0.3, 0.4) is 0 Å². The number of sulfonamides is 1. The first kappa shape index (κ1) is 30.7. The van der Waals surface area contributed by atoms with Gasteiger partial charge in [0.15, 0.2) is 0 Å². The summed E-state index contributed by atoms with van der Waals surface area (Å²) in [7, 11) is -1.88. The zero-order valence-electron chi connectivity index (χ0n) is 23.6. The highest BCUT2D eigenvalue weighted by atomic mass is 32.2. The molecule has 0 aromatic heterocycles. The predicted molar refractivity (Wildman–Crippen MR) is 160 cm³/mol. The summed E-state index contributed by atoms with van der Waals surface area (Å²) in [5, 5.41) is 5.35. The van der Waals surface area contributed by atoms with Crippen LogP contribution in [0.25, 0.3) is 11.1 Å². The lowest BCUT2D eigenvalue weighted by Gasteiger charge is -2.27. The van der Waals surface area contributed by atoms with E-state index in [2.05, 4.69) is 9.89 Å². The van der Waals surface area contributed by atoms with E-state index >= 15 is 0 Å². The van der Waals surface area contributed by atoms with E-state index in [9.17, 15) is 18.0 Å². The number of benzene rings is 3. The van der Waals surface area contributed by atoms with Gasteiger partial charge in [-0.1, -0.05) is 48.5 Å². The number of ether oxygens (including phenoxy) is 2. The minimum absolute atomic E-state index is 0.00830. The van der Waals surface area contributed by atoms with Crippen LogP contribution in [0.1, 0.15) is 30.9 Å². The highest BCUT2D eigenvalue weighted by Crippen LogP contribution is 2.28. The molecule has 3 aromatic carbocycles. The van der Waals surface area contributed by atoms with Crippen molar-refractivity contribution in [1.82, 2.24) is 9.80 Å². The average Bonchev–Trinajstić information content (AvgIpc) is 2.97. The molecule has 222 valence electrons. The zero-order valence-corrected chi connectivity index (χ0v) is 24.4. The van der Waals surface area contributed by atoms with Gasteiger partial charge in [0.1, 0.15) is 17.7 Å². The Labute approximate surface area is 245 Å². The van der Waals surface area contributed by atoms with E-state index in [-0.39, 0.29) is 23.4 Å². The van der Waals surface area contributed by atoms with E-state index < -0.39 is 22.2 Å². The summed E-state index contributed by atoms with van der Waals surface area (Å²) in [6, 6.07) is 20.0. The third-order valence-corrected chi connectivity index (χ3v) is 7.91. The number of nitrogens with zero attached hydrogens (tertiary/aromatic N) is 3. The number of nitrogens with two attached hydrogens (primary N) is 2. The molecule has 0 radical (unpaired) electrons. The van der Waals surface area contributed by atoms with Crippen molar-refractivity contribution in [2.75, 3.05) is 26.7 Å². The summed E-state index contributed by atoms with van der Waals surface area (Å²) in [6.45, 7) is 4.14. The molecule has 0 atom stereocenters. The highest BCUT2D eigenvalue weighted by Gasteiger charge is 2.21. The second-order valence-corrected chi connectivity index (χ2v) is 11.6. The van der Waals surface area contributed by atoms with E-state index in [4.69, 9.17) is 20.3 Å². The van der Waals surface area contributed by atoms with E-state index in [1.54, 1.807) is 60.7 Å². The van der Waals surface area contributed by atoms with E-state index in [1.165, 1.54) is 11.0 Å².